The number of allylic oxidation sites excluding steroid dienone is 1. The van der Waals surface area contributed by atoms with E-state index in [0.29, 0.717) is 41.9 Å². The normalized spacial score (nSPS) is 17.8. The van der Waals surface area contributed by atoms with Crippen molar-refractivity contribution in [3.05, 3.63) is 77.3 Å². The zero-order chi connectivity index (χ0) is 24.9. The third-order valence-corrected chi connectivity index (χ3v) is 6.66. The van der Waals surface area contributed by atoms with Crippen molar-refractivity contribution in [2.45, 2.75) is 64.7 Å². The maximum absolute atomic E-state index is 13.5. The number of rotatable bonds is 8. The molecule has 188 valence electrons. The SMILES string of the molecule is CCOc1cc(C2C(C(=O)OC3CCCCC3)=C(C)Nc3ncnn32)ccc1OCc1ccccc1. The Morgan fingerprint density at radius 1 is 1.06 bits per heavy atom. The fourth-order valence-electron chi connectivity index (χ4n) is 4.88. The monoisotopic (exact) mass is 488 g/mol. The Hall–Kier alpha value is -3.81. The number of fused-ring (bicyclic) bond motifs is 1. The molecule has 1 aromatic heterocycles. The van der Waals surface area contributed by atoms with Crippen LogP contribution in [0.25, 0.3) is 0 Å². The summed E-state index contributed by atoms with van der Waals surface area (Å²) in [6.45, 7) is 4.73. The summed E-state index contributed by atoms with van der Waals surface area (Å²) in [7, 11) is 0. The number of nitrogens with one attached hydrogen (secondary N) is 1. The summed E-state index contributed by atoms with van der Waals surface area (Å²) in [4.78, 5) is 17.8. The smallest absolute Gasteiger partial charge is 0.338 e. The van der Waals surface area contributed by atoms with Gasteiger partial charge in [0.05, 0.1) is 12.2 Å². The fraction of sp³-hybridized carbons (Fsp3) is 0.393. The summed E-state index contributed by atoms with van der Waals surface area (Å²) in [5.41, 5.74) is 3.15. The van der Waals surface area contributed by atoms with E-state index in [1.807, 2.05) is 62.4 Å². The molecule has 0 spiro atoms. The number of anilines is 1. The summed E-state index contributed by atoms with van der Waals surface area (Å²) in [5.74, 6) is 1.52. The van der Waals surface area contributed by atoms with Gasteiger partial charge in [-0.15, -0.1) is 0 Å². The highest BCUT2D eigenvalue weighted by molar-refractivity contribution is 5.92. The molecule has 0 radical (unpaired) electrons. The van der Waals surface area contributed by atoms with Crippen LogP contribution in [-0.4, -0.2) is 33.4 Å². The molecule has 1 atom stereocenters. The number of aromatic nitrogens is 3. The fourth-order valence-corrected chi connectivity index (χ4v) is 4.88. The minimum Gasteiger partial charge on any atom is -0.490 e. The van der Waals surface area contributed by atoms with Crippen molar-refractivity contribution in [2.24, 2.45) is 0 Å². The second-order valence-electron chi connectivity index (χ2n) is 9.17. The van der Waals surface area contributed by atoms with Gasteiger partial charge in [0.2, 0.25) is 5.95 Å². The van der Waals surface area contributed by atoms with Crippen molar-refractivity contribution >= 4 is 11.9 Å². The highest BCUT2D eigenvalue weighted by atomic mass is 16.5. The van der Waals surface area contributed by atoms with Crippen LogP contribution in [-0.2, 0) is 16.1 Å². The summed E-state index contributed by atoms with van der Waals surface area (Å²) < 4.78 is 19.7. The van der Waals surface area contributed by atoms with Crippen LogP contribution in [0.4, 0.5) is 5.95 Å². The highest BCUT2D eigenvalue weighted by Crippen LogP contribution is 2.39. The van der Waals surface area contributed by atoms with Gasteiger partial charge < -0.3 is 19.5 Å². The van der Waals surface area contributed by atoms with Crippen molar-refractivity contribution in [2.75, 3.05) is 11.9 Å². The van der Waals surface area contributed by atoms with Crippen molar-refractivity contribution < 1.29 is 19.0 Å². The lowest BCUT2D eigenvalue weighted by atomic mass is 9.94. The van der Waals surface area contributed by atoms with Crippen molar-refractivity contribution in [3.63, 3.8) is 0 Å². The van der Waals surface area contributed by atoms with E-state index in [-0.39, 0.29) is 12.1 Å². The minimum absolute atomic E-state index is 0.0444. The quantitative estimate of drug-likeness (QED) is 0.424. The molecule has 36 heavy (non-hydrogen) atoms. The molecule has 2 aromatic carbocycles. The number of hydrogen-bond acceptors (Lipinski definition) is 7. The molecule has 1 fully saturated rings. The highest BCUT2D eigenvalue weighted by Gasteiger charge is 2.36. The van der Waals surface area contributed by atoms with E-state index in [4.69, 9.17) is 14.2 Å². The molecular weight excluding hydrogens is 456 g/mol. The van der Waals surface area contributed by atoms with Crippen LogP contribution in [0, 0.1) is 0 Å². The molecule has 0 saturated heterocycles. The van der Waals surface area contributed by atoms with Gasteiger partial charge in [-0.3, -0.25) is 0 Å². The van der Waals surface area contributed by atoms with Crippen LogP contribution in [0.2, 0.25) is 0 Å². The van der Waals surface area contributed by atoms with Gasteiger partial charge >= 0.3 is 5.97 Å². The van der Waals surface area contributed by atoms with Gasteiger partial charge in [0.1, 0.15) is 25.1 Å². The standard InChI is InChI=1S/C28H32N4O4/c1-3-34-24-16-21(14-15-23(24)35-17-20-10-6-4-7-11-20)26-25(19(2)31-28-29-18-30-32(26)28)27(33)36-22-12-8-5-9-13-22/h4,6-7,10-11,14-16,18,22,26H,3,5,8-9,12-13,17H2,1-2H3,(H,29,30,31). The van der Waals surface area contributed by atoms with Crippen LogP contribution in [0.3, 0.4) is 0 Å². The van der Waals surface area contributed by atoms with Crippen LogP contribution >= 0.6 is 0 Å². The molecule has 2 heterocycles. The Bertz CT molecular complexity index is 1230. The Kier molecular flexibility index (Phi) is 7.21. The Labute approximate surface area is 211 Å². The van der Waals surface area contributed by atoms with Gasteiger partial charge in [-0.1, -0.05) is 42.8 Å². The number of carbonyl (C=O) groups is 1. The van der Waals surface area contributed by atoms with Gasteiger partial charge in [0.25, 0.3) is 0 Å². The Morgan fingerprint density at radius 3 is 2.64 bits per heavy atom. The molecule has 1 aliphatic heterocycles. The predicted octanol–water partition coefficient (Wildman–Crippen LogP) is 5.42. The summed E-state index contributed by atoms with van der Waals surface area (Å²) in [5, 5.41) is 7.64. The lowest BCUT2D eigenvalue weighted by molar-refractivity contribution is -0.146. The zero-order valence-corrected chi connectivity index (χ0v) is 20.8. The number of carbonyl (C=O) groups excluding carboxylic acids is 1. The van der Waals surface area contributed by atoms with E-state index in [0.717, 1.165) is 36.8 Å². The molecule has 1 unspecified atom stereocenters. The number of ether oxygens (including phenoxy) is 3. The average Bonchev–Trinajstić information content (AvgIpc) is 3.36. The largest absolute Gasteiger partial charge is 0.490 e. The molecule has 8 heteroatoms. The first-order valence-corrected chi connectivity index (χ1v) is 12.7. The Balaban J connectivity index is 1.46. The van der Waals surface area contributed by atoms with Crippen LogP contribution in [0.1, 0.15) is 63.1 Å². The molecule has 1 aliphatic carbocycles. The van der Waals surface area contributed by atoms with Gasteiger partial charge in [0.15, 0.2) is 11.5 Å². The minimum atomic E-state index is -0.498. The van der Waals surface area contributed by atoms with Gasteiger partial charge in [-0.2, -0.15) is 10.1 Å². The maximum atomic E-state index is 13.5. The van der Waals surface area contributed by atoms with Crippen LogP contribution < -0.4 is 14.8 Å². The van der Waals surface area contributed by atoms with Crippen molar-refractivity contribution in [1.29, 1.82) is 0 Å². The second kappa shape index (κ2) is 10.8. The van der Waals surface area contributed by atoms with Gasteiger partial charge in [-0.05, 0) is 62.8 Å². The summed E-state index contributed by atoms with van der Waals surface area (Å²) >= 11 is 0. The lowest BCUT2D eigenvalue weighted by Crippen LogP contribution is -2.32. The van der Waals surface area contributed by atoms with Crippen LogP contribution in [0.5, 0.6) is 11.5 Å². The first kappa shape index (κ1) is 23.9. The van der Waals surface area contributed by atoms with E-state index >= 15 is 0 Å². The molecular formula is C28H32N4O4. The number of esters is 1. The molecule has 3 aromatic rings. The number of benzene rings is 2. The zero-order valence-electron chi connectivity index (χ0n) is 20.8. The van der Waals surface area contributed by atoms with Crippen molar-refractivity contribution in [3.8, 4) is 11.5 Å². The van der Waals surface area contributed by atoms with E-state index < -0.39 is 6.04 Å². The third kappa shape index (κ3) is 5.08. The first-order valence-electron chi connectivity index (χ1n) is 12.7. The molecule has 5 rings (SSSR count). The van der Waals surface area contributed by atoms with E-state index in [2.05, 4.69) is 15.4 Å². The number of hydrogen-bond donors (Lipinski definition) is 1. The van der Waals surface area contributed by atoms with Crippen LogP contribution in [0.15, 0.2) is 66.1 Å². The number of nitrogens with zero attached hydrogens (tertiary/aromatic N) is 3. The summed E-state index contributed by atoms with van der Waals surface area (Å²) in [6, 6.07) is 15.3. The molecule has 1 N–H and O–H groups in total. The summed E-state index contributed by atoms with van der Waals surface area (Å²) in [6.07, 6.45) is 6.64. The van der Waals surface area contributed by atoms with Gasteiger partial charge in [-0.25, -0.2) is 9.48 Å². The average molecular weight is 489 g/mol. The van der Waals surface area contributed by atoms with Gasteiger partial charge in [0, 0.05) is 5.70 Å². The molecule has 0 amide bonds. The molecule has 1 saturated carbocycles. The van der Waals surface area contributed by atoms with E-state index in [1.54, 1.807) is 4.68 Å². The molecule has 0 bridgehead atoms. The van der Waals surface area contributed by atoms with E-state index in [1.165, 1.54) is 12.7 Å². The van der Waals surface area contributed by atoms with E-state index in [9.17, 15) is 4.79 Å². The third-order valence-electron chi connectivity index (χ3n) is 6.66. The predicted molar refractivity (Wildman–Crippen MR) is 136 cm³/mol. The molecule has 8 nitrogen and oxygen atoms in total. The molecule has 2 aliphatic rings. The topological polar surface area (TPSA) is 87.5 Å². The van der Waals surface area contributed by atoms with Crippen molar-refractivity contribution in [1.82, 2.24) is 14.8 Å². The Morgan fingerprint density at radius 2 is 1.86 bits per heavy atom. The maximum Gasteiger partial charge on any atom is 0.338 e. The second-order valence-corrected chi connectivity index (χ2v) is 9.17. The lowest BCUT2D eigenvalue weighted by Gasteiger charge is -2.30. The first-order chi connectivity index (χ1) is 17.6.